The van der Waals surface area contributed by atoms with Crippen molar-refractivity contribution in [2.45, 2.75) is 32.2 Å². The minimum Gasteiger partial charge on any atom is -0.355 e. The van der Waals surface area contributed by atoms with Crippen LogP contribution in [0.15, 0.2) is 42.5 Å². The average Bonchev–Trinajstić information content (AvgIpc) is 2.67. The average molecular weight is 474 g/mol. The van der Waals surface area contributed by atoms with E-state index in [1.54, 1.807) is 25.1 Å². The van der Waals surface area contributed by atoms with Crippen LogP contribution in [0, 0.1) is 0 Å². The van der Waals surface area contributed by atoms with Gasteiger partial charge in [0.1, 0.15) is 6.04 Å². The minimum atomic E-state index is -0.651. The Kier molecular flexibility index (Phi) is 9.63. The summed E-state index contributed by atoms with van der Waals surface area (Å²) >= 11 is 20.0. The molecule has 2 aromatic carbocycles. The van der Waals surface area contributed by atoms with Crippen LogP contribution in [0.4, 0.5) is 0 Å². The number of nitrogens with zero attached hydrogens (tertiary/aromatic N) is 1. The van der Waals surface area contributed by atoms with E-state index in [-0.39, 0.29) is 24.1 Å². The van der Waals surface area contributed by atoms with E-state index >= 15 is 0 Å². The van der Waals surface area contributed by atoms with Crippen LogP contribution in [0.3, 0.4) is 0 Å². The van der Waals surface area contributed by atoms with Crippen molar-refractivity contribution >= 4 is 58.4 Å². The first kappa shape index (κ1) is 23.9. The molecule has 0 fully saturated rings. The van der Waals surface area contributed by atoms with E-state index in [0.29, 0.717) is 32.9 Å². The van der Waals surface area contributed by atoms with Crippen LogP contribution in [0.5, 0.6) is 0 Å². The van der Waals surface area contributed by atoms with Crippen LogP contribution in [-0.4, -0.2) is 35.1 Å². The van der Waals surface area contributed by atoms with Gasteiger partial charge in [-0.1, -0.05) is 53.0 Å². The molecule has 0 bridgehead atoms. The number of thioether (sulfide) groups is 1. The second kappa shape index (κ2) is 11.7. The van der Waals surface area contributed by atoms with Crippen LogP contribution >= 0.6 is 46.6 Å². The Morgan fingerprint density at radius 2 is 1.76 bits per heavy atom. The van der Waals surface area contributed by atoms with Crippen LogP contribution < -0.4 is 5.32 Å². The lowest BCUT2D eigenvalue weighted by molar-refractivity contribution is -0.138. The fourth-order valence-electron chi connectivity index (χ4n) is 2.72. The summed E-state index contributed by atoms with van der Waals surface area (Å²) in [4.78, 5) is 26.9. The Morgan fingerprint density at radius 1 is 1.10 bits per heavy atom. The van der Waals surface area contributed by atoms with Gasteiger partial charge in [0, 0.05) is 39.5 Å². The van der Waals surface area contributed by atoms with Crippen molar-refractivity contribution in [1.29, 1.82) is 0 Å². The van der Waals surface area contributed by atoms with Gasteiger partial charge in [0.15, 0.2) is 0 Å². The summed E-state index contributed by atoms with van der Waals surface area (Å²) in [6.07, 6.45) is 0. The second-order valence-corrected chi connectivity index (χ2v) is 8.65. The highest BCUT2D eigenvalue weighted by atomic mass is 35.5. The van der Waals surface area contributed by atoms with Crippen molar-refractivity contribution in [3.8, 4) is 0 Å². The molecule has 8 heteroatoms. The zero-order valence-electron chi connectivity index (χ0n) is 16.3. The number of amides is 2. The number of hydrogen-bond acceptors (Lipinski definition) is 3. The van der Waals surface area contributed by atoms with Crippen LogP contribution in [0.2, 0.25) is 15.1 Å². The molecule has 2 rings (SSSR count). The number of benzene rings is 2. The third-order valence-electron chi connectivity index (χ3n) is 4.29. The lowest BCUT2D eigenvalue weighted by atomic mass is 10.1. The van der Waals surface area contributed by atoms with Gasteiger partial charge in [-0.15, -0.1) is 11.8 Å². The van der Waals surface area contributed by atoms with Gasteiger partial charge in [-0.2, -0.15) is 0 Å². The molecule has 2 amide bonds. The summed E-state index contributed by atoms with van der Waals surface area (Å²) in [6.45, 7) is 4.19. The second-order valence-electron chi connectivity index (χ2n) is 6.42. The summed E-state index contributed by atoms with van der Waals surface area (Å²) in [5.41, 5.74) is 1.66. The Morgan fingerprint density at radius 3 is 2.38 bits per heavy atom. The number of hydrogen-bond donors (Lipinski definition) is 1. The van der Waals surface area contributed by atoms with E-state index in [1.807, 2.05) is 31.2 Å². The van der Waals surface area contributed by atoms with Gasteiger partial charge >= 0.3 is 0 Å². The molecule has 0 aliphatic rings. The predicted molar refractivity (Wildman–Crippen MR) is 123 cm³/mol. The van der Waals surface area contributed by atoms with Crippen LogP contribution in [0.25, 0.3) is 0 Å². The molecule has 4 nitrogen and oxygen atoms in total. The topological polar surface area (TPSA) is 49.4 Å². The Bertz CT molecular complexity index is 843. The molecule has 1 N–H and O–H groups in total. The highest BCUT2D eigenvalue weighted by Gasteiger charge is 2.27. The van der Waals surface area contributed by atoms with E-state index < -0.39 is 6.04 Å². The van der Waals surface area contributed by atoms with E-state index in [9.17, 15) is 9.59 Å². The van der Waals surface area contributed by atoms with Gasteiger partial charge < -0.3 is 10.2 Å². The lowest BCUT2D eigenvalue weighted by Gasteiger charge is -2.29. The summed E-state index contributed by atoms with van der Waals surface area (Å²) in [5, 5.41) is 4.35. The molecule has 0 spiro atoms. The normalized spacial score (nSPS) is 11.8. The number of carbonyl (C=O) groups excluding carboxylic acids is 2. The van der Waals surface area contributed by atoms with Crippen LogP contribution in [0.1, 0.15) is 25.0 Å². The van der Waals surface area contributed by atoms with Crippen molar-refractivity contribution in [2.75, 3.05) is 12.3 Å². The van der Waals surface area contributed by atoms with E-state index in [4.69, 9.17) is 34.8 Å². The highest BCUT2D eigenvalue weighted by molar-refractivity contribution is 7.99. The number of nitrogens with one attached hydrogen (secondary N) is 1. The standard InChI is InChI=1S/C21H23Cl3N2O2S/c1-3-25-21(28)14(2)26(11-17-18(23)8-5-9-19(17)24)20(27)13-29-12-15-6-4-7-16(22)10-15/h4-10,14H,3,11-13H2,1-2H3,(H,25,28). The number of rotatable bonds is 9. The van der Waals surface area contributed by atoms with Gasteiger partial charge in [-0.25, -0.2) is 0 Å². The summed E-state index contributed by atoms with van der Waals surface area (Å²) in [5.74, 6) is 0.483. The molecular formula is C21H23Cl3N2O2S. The molecule has 1 unspecified atom stereocenters. The van der Waals surface area contributed by atoms with Gasteiger partial charge in [-0.3, -0.25) is 9.59 Å². The molecular weight excluding hydrogens is 451 g/mol. The molecule has 29 heavy (non-hydrogen) atoms. The fourth-order valence-corrected chi connectivity index (χ4v) is 4.31. The predicted octanol–water partition coefficient (Wildman–Crippen LogP) is 5.43. The van der Waals surface area contributed by atoms with Crippen molar-refractivity contribution in [3.63, 3.8) is 0 Å². The fraction of sp³-hybridized carbons (Fsp3) is 0.333. The van der Waals surface area contributed by atoms with Gasteiger partial charge in [0.25, 0.3) is 0 Å². The molecule has 0 aromatic heterocycles. The maximum atomic E-state index is 13.0. The van der Waals surface area contributed by atoms with Gasteiger partial charge in [-0.05, 0) is 43.7 Å². The Hall–Kier alpha value is -1.40. The molecule has 2 aromatic rings. The summed E-state index contributed by atoms with van der Waals surface area (Å²) in [7, 11) is 0. The molecule has 0 radical (unpaired) electrons. The third-order valence-corrected chi connectivity index (χ3v) is 6.22. The summed E-state index contributed by atoms with van der Waals surface area (Å²) < 4.78 is 0. The van der Waals surface area contributed by atoms with Gasteiger partial charge in [0.05, 0.1) is 5.75 Å². The first-order valence-electron chi connectivity index (χ1n) is 9.15. The first-order chi connectivity index (χ1) is 13.8. The smallest absolute Gasteiger partial charge is 0.242 e. The number of carbonyl (C=O) groups is 2. The van der Waals surface area contributed by atoms with Crippen LogP contribution in [-0.2, 0) is 21.9 Å². The lowest BCUT2D eigenvalue weighted by Crippen LogP contribution is -2.48. The highest BCUT2D eigenvalue weighted by Crippen LogP contribution is 2.27. The SMILES string of the molecule is CCNC(=O)C(C)N(Cc1c(Cl)cccc1Cl)C(=O)CSCc1cccc(Cl)c1. The zero-order chi connectivity index (χ0) is 21.4. The van der Waals surface area contributed by atoms with Crippen molar-refractivity contribution in [1.82, 2.24) is 10.2 Å². The Labute approximate surface area is 190 Å². The molecule has 0 aliphatic heterocycles. The van der Waals surface area contributed by atoms with Crippen molar-refractivity contribution < 1.29 is 9.59 Å². The molecule has 156 valence electrons. The molecule has 1 atom stereocenters. The largest absolute Gasteiger partial charge is 0.355 e. The Balaban J connectivity index is 2.12. The van der Waals surface area contributed by atoms with Crippen molar-refractivity contribution in [3.05, 3.63) is 68.7 Å². The van der Waals surface area contributed by atoms with Gasteiger partial charge in [0.2, 0.25) is 11.8 Å². The monoisotopic (exact) mass is 472 g/mol. The molecule has 0 aliphatic carbocycles. The first-order valence-corrected chi connectivity index (χ1v) is 11.4. The van der Waals surface area contributed by atoms with E-state index in [2.05, 4.69) is 5.32 Å². The molecule has 0 saturated heterocycles. The zero-order valence-corrected chi connectivity index (χ0v) is 19.3. The van der Waals surface area contributed by atoms with E-state index in [0.717, 1.165) is 5.56 Å². The van der Waals surface area contributed by atoms with E-state index in [1.165, 1.54) is 16.7 Å². The minimum absolute atomic E-state index is 0.160. The molecule has 0 heterocycles. The molecule has 0 saturated carbocycles. The maximum Gasteiger partial charge on any atom is 0.242 e. The summed E-state index contributed by atoms with van der Waals surface area (Å²) in [6, 6.07) is 12.1. The third kappa shape index (κ3) is 7.10. The maximum absolute atomic E-state index is 13.0. The number of likely N-dealkylation sites (N-methyl/N-ethyl adjacent to an activating group) is 1. The quantitative estimate of drug-likeness (QED) is 0.528. The van der Waals surface area contributed by atoms with Crippen molar-refractivity contribution in [2.24, 2.45) is 0 Å². The number of halogens is 3.